The fourth-order valence-corrected chi connectivity index (χ4v) is 2.70. The number of anilines is 1. The lowest BCUT2D eigenvalue weighted by atomic mass is 10.2. The maximum absolute atomic E-state index is 12.1. The second kappa shape index (κ2) is 8.08. The van der Waals surface area contributed by atoms with Crippen molar-refractivity contribution >= 4 is 64.0 Å². The van der Waals surface area contributed by atoms with Gasteiger partial charge >= 0.3 is 5.97 Å². The smallest absolute Gasteiger partial charge is 0.340 e. The van der Waals surface area contributed by atoms with Crippen LogP contribution in [0.3, 0.4) is 0 Å². The van der Waals surface area contributed by atoms with E-state index in [4.69, 9.17) is 51.1 Å². The lowest BCUT2D eigenvalue weighted by Gasteiger charge is -2.15. The fourth-order valence-electron chi connectivity index (χ4n) is 1.76. The van der Waals surface area contributed by atoms with Gasteiger partial charge in [0.2, 0.25) is 0 Å². The first-order chi connectivity index (χ1) is 11.3. The molecular weight excluding hydrogens is 396 g/mol. The van der Waals surface area contributed by atoms with Crippen molar-refractivity contribution < 1.29 is 14.3 Å². The van der Waals surface area contributed by atoms with Crippen LogP contribution in [0.4, 0.5) is 5.69 Å². The average Bonchev–Trinajstić information content (AvgIpc) is 2.49. The van der Waals surface area contributed by atoms with E-state index < -0.39 is 18.0 Å². The fraction of sp³-hybridized carbons (Fsp3) is 0.125. The van der Waals surface area contributed by atoms with Crippen LogP contribution >= 0.6 is 46.4 Å². The molecule has 1 atom stereocenters. The van der Waals surface area contributed by atoms with Gasteiger partial charge in [0.25, 0.3) is 5.91 Å². The van der Waals surface area contributed by atoms with Gasteiger partial charge < -0.3 is 10.1 Å². The molecule has 0 aromatic heterocycles. The second-order valence-electron chi connectivity index (χ2n) is 4.79. The zero-order chi connectivity index (χ0) is 17.9. The van der Waals surface area contributed by atoms with Gasteiger partial charge in [-0.1, -0.05) is 46.4 Å². The molecule has 4 nitrogen and oxygen atoms in total. The third kappa shape index (κ3) is 4.77. The molecule has 126 valence electrons. The molecule has 24 heavy (non-hydrogen) atoms. The van der Waals surface area contributed by atoms with E-state index >= 15 is 0 Å². The van der Waals surface area contributed by atoms with Crippen LogP contribution in [-0.2, 0) is 9.53 Å². The quantitative estimate of drug-likeness (QED) is 0.683. The highest BCUT2D eigenvalue weighted by molar-refractivity contribution is 6.37. The highest BCUT2D eigenvalue weighted by Crippen LogP contribution is 2.26. The molecule has 0 bridgehead atoms. The molecule has 0 aliphatic heterocycles. The standard InChI is InChI=1S/C16H11Cl4NO3/c1-8(15(22)21-14-5-3-10(18)7-13(14)20)24-16(23)11-4-2-9(17)6-12(11)19/h2-8H,1H3,(H,21,22). The number of halogens is 4. The van der Waals surface area contributed by atoms with Gasteiger partial charge in [0.15, 0.2) is 6.10 Å². The second-order valence-corrected chi connectivity index (χ2v) is 6.47. The Labute approximate surface area is 158 Å². The van der Waals surface area contributed by atoms with Gasteiger partial charge in [-0.2, -0.15) is 0 Å². The van der Waals surface area contributed by atoms with Crippen LogP contribution in [0.1, 0.15) is 17.3 Å². The Balaban J connectivity index is 2.04. The molecule has 2 rings (SSSR count). The summed E-state index contributed by atoms with van der Waals surface area (Å²) < 4.78 is 5.11. The summed E-state index contributed by atoms with van der Waals surface area (Å²) in [6.07, 6.45) is -1.06. The first-order valence-electron chi connectivity index (χ1n) is 6.70. The van der Waals surface area contributed by atoms with E-state index in [-0.39, 0.29) is 15.6 Å². The van der Waals surface area contributed by atoms with Crippen LogP contribution in [0.15, 0.2) is 36.4 Å². The maximum Gasteiger partial charge on any atom is 0.340 e. The molecular formula is C16H11Cl4NO3. The van der Waals surface area contributed by atoms with E-state index in [2.05, 4.69) is 5.32 Å². The minimum atomic E-state index is -1.06. The van der Waals surface area contributed by atoms with Crippen LogP contribution in [0.2, 0.25) is 20.1 Å². The highest BCUT2D eigenvalue weighted by Gasteiger charge is 2.21. The summed E-state index contributed by atoms with van der Waals surface area (Å²) in [4.78, 5) is 24.2. The molecule has 8 heteroatoms. The minimum absolute atomic E-state index is 0.116. The van der Waals surface area contributed by atoms with E-state index in [0.717, 1.165) is 0 Å². The third-order valence-corrected chi connectivity index (χ3v) is 4.09. The van der Waals surface area contributed by atoms with Crippen molar-refractivity contribution in [3.8, 4) is 0 Å². The van der Waals surface area contributed by atoms with Crippen molar-refractivity contribution in [2.24, 2.45) is 0 Å². The molecule has 0 aliphatic rings. The monoisotopic (exact) mass is 405 g/mol. The summed E-state index contributed by atoms with van der Waals surface area (Å²) in [5.41, 5.74) is 0.476. The molecule has 2 aromatic carbocycles. The van der Waals surface area contributed by atoms with Gasteiger partial charge in [-0.15, -0.1) is 0 Å². The topological polar surface area (TPSA) is 55.4 Å². The zero-order valence-electron chi connectivity index (χ0n) is 12.3. The Morgan fingerprint density at radius 2 is 1.54 bits per heavy atom. The number of carbonyl (C=O) groups excluding carboxylic acids is 2. The predicted molar refractivity (Wildman–Crippen MR) is 96.4 cm³/mol. The molecule has 0 saturated carbocycles. The summed E-state index contributed by atoms with van der Waals surface area (Å²) in [5.74, 6) is -1.28. The first kappa shape index (κ1) is 18.9. The maximum atomic E-state index is 12.1. The van der Waals surface area contributed by atoms with Crippen LogP contribution in [0.25, 0.3) is 0 Å². The summed E-state index contributed by atoms with van der Waals surface area (Å²) in [5, 5.41) is 3.80. The van der Waals surface area contributed by atoms with Crippen molar-refractivity contribution in [3.05, 3.63) is 62.1 Å². The molecule has 0 saturated heterocycles. The van der Waals surface area contributed by atoms with Gasteiger partial charge in [0, 0.05) is 10.0 Å². The number of hydrogen-bond donors (Lipinski definition) is 1. The number of hydrogen-bond acceptors (Lipinski definition) is 3. The Hall–Kier alpha value is -1.46. The third-order valence-electron chi connectivity index (χ3n) is 2.99. The van der Waals surface area contributed by atoms with Gasteiger partial charge in [-0.25, -0.2) is 4.79 Å². The van der Waals surface area contributed by atoms with Gasteiger partial charge in [0.05, 0.1) is 21.3 Å². The molecule has 2 aromatic rings. The van der Waals surface area contributed by atoms with Gasteiger partial charge in [-0.3, -0.25) is 4.79 Å². The Bertz CT molecular complexity index is 795. The lowest BCUT2D eigenvalue weighted by Crippen LogP contribution is -2.30. The van der Waals surface area contributed by atoms with Crippen molar-refractivity contribution in [1.29, 1.82) is 0 Å². The number of rotatable bonds is 4. The van der Waals surface area contributed by atoms with Crippen molar-refractivity contribution in [2.75, 3.05) is 5.32 Å². The van der Waals surface area contributed by atoms with Crippen molar-refractivity contribution in [1.82, 2.24) is 0 Å². The molecule has 1 N–H and O–H groups in total. The average molecular weight is 407 g/mol. The molecule has 1 unspecified atom stereocenters. The van der Waals surface area contributed by atoms with E-state index in [1.54, 1.807) is 12.1 Å². The van der Waals surface area contributed by atoms with Gasteiger partial charge in [-0.05, 0) is 43.3 Å². The first-order valence-corrected chi connectivity index (χ1v) is 8.21. The number of ether oxygens (including phenoxy) is 1. The summed E-state index contributed by atoms with van der Waals surface area (Å²) in [7, 11) is 0. The Kier molecular flexibility index (Phi) is 6.35. The van der Waals surface area contributed by atoms with Crippen molar-refractivity contribution in [3.63, 3.8) is 0 Å². The summed E-state index contributed by atoms with van der Waals surface area (Å²) >= 11 is 23.5. The Morgan fingerprint density at radius 1 is 0.958 bits per heavy atom. The van der Waals surface area contributed by atoms with Crippen molar-refractivity contribution in [2.45, 2.75) is 13.0 Å². The van der Waals surface area contributed by atoms with E-state index in [1.165, 1.54) is 31.2 Å². The number of esters is 1. The molecule has 0 fully saturated rings. The number of nitrogens with one attached hydrogen (secondary N) is 1. The van der Waals surface area contributed by atoms with Crippen LogP contribution in [-0.4, -0.2) is 18.0 Å². The highest BCUT2D eigenvalue weighted by atomic mass is 35.5. The van der Waals surface area contributed by atoms with Gasteiger partial charge in [0.1, 0.15) is 0 Å². The Morgan fingerprint density at radius 3 is 2.12 bits per heavy atom. The SMILES string of the molecule is CC(OC(=O)c1ccc(Cl)cc1Cl)C(=O)Nc1ccc(Cl)cc1Cl. The molecule has 0 spiro atoms. The van der Waals surface area contributed by atoms with E-state index in [9.17, 15) is 9.59 Å². The zero-order valence-corrected chi connectivity index (χ0v) is 15.3. The largest absolute Gasteiger partial charge is 0.449 e. The summed E-state index contributed by atoms with van der Waals surface area (Å²) in [6, 6.07) is 8.96. The number of benzene rings is 2. The molecule has 0 heterocycles. The number of amides is 1. The van der Waals surface area contributed by atoms with Crippen LogP contribution in [0, 0.1) is 0 Å². The normalized spacial score (nSPS) is 11.7. The van der Waals surface area contributed by atoms with E-state index in [1.807, 2.05) is 0 Å². The number of carbonyl (C=O) groups is 2. The summed E-state index contributed by atoms with van der Waals surface area (Å²) in [6.45, 7) is 1.43. The molecule has 0 radical (unpaired) electrons. The molecule has 0 aliphatic carbocycles. The minimum Gasteiger partial charge on any atom is -0.449 e. The van der Waals surface area contributed by atoms with Crippen LogP contribution in [0.5, 0.6) is 0 Å². The molecule has 1 amide bonds. The van der Waals surface area contributed by atoms with Crippen LogP contribution < -0.4 is 5.32 Å². The predicted octanol–water partition coefficient (Wildman–Crippen LogP) is 5.48. The van der Waals surface area contributed by atoms with E-state index in [0.29, 0.717) is 15.7 Å². The lowest BCUT2D eigenvalue weighted by molar-refractivity contribution is -0.123.